The summed E-state index contributed by atoms with van der Waals surface area (Å²) in [6.07, 6.45) is 2.06. The Morgan fingerprint density at radius 2 is 1.57 bits per heavy atom. The van der Waals surface area contributed by atoms with Gasteiger partial charge in [0.05, 0.1) is 0 Å². The fourth-order valence-corrected chi connectivity index (χ4v) is 3.99. The Hall–Kier alpha value is -2.09. The SMILES string of the molecule is O=C1[C@H]2C[C@H](c3ccccc3)[C@H](C2)N1Cc1ccccc1. The fraction of sp³-hybridized carbons (Fsp3) is 0.316. The molecule has 0 aromatic heterocycles. The molecule has 0 radical (unpaired) electrons. The molecule has 2 aromatic rings. The Balaban J connectivity index is 1.59. The Bertz CT molecular complexity index is 637. The zero-order chi connectivity index (χ0) is 14.2. The van der Waals surface area contributed by atoms with Crippen LogP contribution in [0.25, 0.3) is 0 Å². The van der Waals surface area contributed by atoms with E-state index in [1.54, 1.807) is 0 Å². The van der Waals surface area contributed by atoms with Gasteiger partial charge in [-0.3, -0.25) is 4.79 Å². The monoisotopic (exact) mass is 277 g/mol. The number of hydrogen-bond acceptors (Lipinski definition) is 1. The summed E-state index contributed by atoms with van der Waals surface area (Å²) in [5.74, 6) is 1.11. The number of carbonyl (C=O) groups excluding carboxylic acids is 1. The van der Waals surface area contributed by atoms with Crippen LogP contribution in [0, 0.1) is 5.92 Å². The van der Waals surface area contributed by atoms with Crippen molar-refractivity contribution in [3.8, 4) is 0 Å². The van der Waals surface area contributed by atoms with E-state index < -0.39 is 0 Å². The van der Waals surface area contributed by atoms with E-state index in [9.17, 15) is 4.79 Å². The molecule has 1 aliphatic carbocycles. The maximum absolute atomic E-state index is 12.5. The first kappa shape index (κ1) is 12.6. The lowest BCUT2D eigenvalue weighted by molar-refractivity contribution is -0.135. The molecule has 0 spiro atoms. The molecule has 3 atom stereocenters. The second-order valence-electron chi connectivity index (χ2n) is 6.20. The number of likely N-dealkylation sites (tertiary alicyclic amines) is 1. The summed E-state index contributed by atoms with van der Waals surface area (Å²) in [4.78, 5) is 14.6. The molecule has 106 valence electrons. The van der Waals surface area contributed by atoms with Crippen molar-refractivity contribution >= 4 is 5.91 Å². The minimum Gasteiger partial charge on any atom is -0.335 e. The first-order chi connectivity index (χ1) is 10.3. The van der Waals surface area contributed by atoms with Crippen molar-refractivity contribution in [3.05, 3.63) is 71.8 Å². The minimum atomic E-state index is 0.240. The molecule has 1 saturated carbocycles. The van der Waals surface area contributed by atoms with E-state index in [2.05, 4.69) is 47.4 Å². The average Bonchev–Trinajstić information content (AvgIpc) is 3.09. The first-order valence-corrected chi connectivity index (χ1v) is 7.72. The Morgan fingerprint density at radius 3 is 2.24 bits per heavy atom. The van der Waals surface area contributed by atoms with Gasteiger partial charge in [-0.25, -0.2) is 0 Å². The van der Waals surface area contributed by atoms with Gasteiger partial charge >= 0.3 is 0 Å². The highest BCUT2D eigenvalue weighted by Gasteiger charge is 2.50. The predicted octanol–water partition coefficient (Wildman–Crippen LogP) is 3.59. The van der Waals surface area contributed by atoms with Crippen LogP contribution in [0.5, 0.6) is 0 Å². The van der Waals surface area contributed by atoms with Crippen LogP contribution in [0.1, 0.15) is 29.9 Å². The topological polar surface area (TPSA) is 20.3 Å². The van der Waals surface area contributed by atoms with Crippen LogP contribution in [-0.2, 0) is 11.3 Å². The Morgan fingerprint density at radius 1 is 0.905 bits per heavy atom. The summed E-state index contributed by atoms with van der Waals surface area (Å²) in [5, 5.41) is 0. The van der Waals surface area contributed by atoms with Gasteiger partial charge in [-0.1, -0.05) is 60.7 Å². The van der Waals surface area contributed by atoms with Crippen LogP contribution >= 0.6 is 0 Å². The second kappa shape index (κ2) is 5.03. The third-order valence-corrected chi connectivity index (χ3v) is 4.99. The normalized spacial score (nSPS) is 27.3. The van der Waals surface area contributed by atoms with E-state index in [1.807, 2.05) is 18.2 Å². The standard InChI is InChI=1S/C19H19NO/c21-19-16-11-17(15-9-5-2-6-10-15)18(12-16)20(19)13-14-7-3-1-4-8-14/h1-10,16-18H,11-13H2/t16-,17+,18-/m0/s1. The number of amides is 1. The molecule has 0 N–H and O–H groups in total. The van der Waals surface area contributed by atoms with E-state index in [0.717, 1.165) is 19.4 Å². The van der Waals surface area contributed by atoms with Crippen molar-refractivity contribution in [2.45, 2.75) is 31.3 Å². The van der Waals surface area contributed by atoms with Crippen molar-refractivity contribution in [3.63, 3.8) is 0 Å². The van der Waals surface area contributed by atoms with E-state index in [4.69, 9.17) is 0 Å². The van der Waals surface area contributed by atoms with Crippen molar-refractivity contribution in [1.29, 1.82) is 0 Å². The van der Waals surface area contributed by atoms with Crippen LogP contribution in [-0.4, -0.2) is 16.8 Å². The van der Waals surface area contributed by atoms with E-state index in [0.29, 0.717) is 17.9 Å². The van der Waals surface area contributed by atoms with Crippen molar-refractivity contribution < 1.29 is 4.79 Å². The fourth-order valence-electron chi connectivity index (χ4n) is 3.99. The van der Waals surface area contributed by atoms with Gasteiger partial charge < -0.3 is 4.90 Å². The molecule has 2 fully saturated rings. The lowest BCUT2D eigenvalue weighted by Gasteiger charge is -2.33. The van der Waals surface area contributed by atoms with E-state index in [-0.39, 0.29) is 5.92 Å². The molecule has 1 saturated heterocycles. The Kier molecular flexibility index (Phi) is 3.03. The molecule has 2 bridgehead atoms. The van der Waals surface area contributed by atoms with Crippen molar-refractivity contribution in [2.24, 2.45) is 5.92 Å². The molecule has 2 aliphatic rings. The number of nitrogens with zero attached hydrogens (tertiary/aromatic N) is 1. The summed E-state index contributed by atoms with van der Waals surface area (Å²) in [6.45, 7) is 0.754. The smallest absolute Gasteiger partial charge is 0.226 e. The lowest BCUT2D eigenvalue weighted by Crippen LogP contribution is -2.40. The molecule has 1 heterocycles. The summed E-state index contributed by atoms with van der Waals surface area (Å²) >= 11 is 0. The highest BCUT2D eigenvalue weighted by Crippen LogP contribution is 2.48. The molecular weight excluding hydrogens is 258 g/mol. The quantitative estimate of drug-likeness (QED) is 0.839. The molecule has 4 rings (SSSR count). The van der Waals surface area contributed by atoms with E-state index >= 15 is 0 Å². The van der Waals surface area contributed by atoms with Gasteiger partial charge in [-0.2, -0.15) is 0 Å². The molecule has 1 amide bonds. The zero-order valence-corrected chi connectivity index (χ0v) is 12.0. The zero-order valence-electron chi connectivity index (χ0n) is 12.0. The highest BCUT2D eigenvalue weighted by molar-refractivity contribution is 5.83. The van der Waals surface area contributed by atoms with Crippen molar-refractivity contribution in [2.75, 3.05) is 0 Å². The third-order valence-electron chi connectivity index (χ3n) is 4.99. The highest BCUT2D eigenvalue weighted by atomic mass is 16.2. The second-order valence-corrected chi connectivity index (χ2v) is 6.20. The number of benzene rings is 2. The van der Waals surface area contributed by atoms with Crippen LogP contribution in [0.2, 0.25) is 0 Å². The summed E-state index contributed by atoms with van der Waals surface area (Å²) in [5.41, 5.74) is 2.61. The number of fused-ring (bicyclic) bond motifs is 2. The molecule has 2 nitrogen and oxygen atoms in total. The first-order valence-electron chi connectivity index (χ1n) is 7.72. The number of carbonyl (C=O) groups is 1. The van der Waals surface area contributed by atoms with Gasteiger partial charge in [0.1, 0.15) is 0 Å². The van der Waals surface area contributed by atoms with Gasteiger partial charge in [0, 0.05) is 24.4 Å². The molecule has 1 aliphatic heterocycles. The average molecular weight is 277 g/mol. The lowest BCUT2D eigenvalue weighted by atomic mass is 9.90. The van der Waals surface area contributed by atoms with Gasteiger partial charge in [0.25, 0.3) is 0 Å². The molecular formula is C19H19NO. The summed E-state index contributed by atoms with van der Waals surface area (Å²) in [6, 6.07) is 21.4. The number of hydrogen-bond donors (Lipinski definition) is 0. The van der Waals surface area contributed by atoms with Crippen LogP contribution in [0.3, 0.4) is 0 Å². The number of rotatable bonds is 3. The van der Waals surface area contributed by atoms with Crippen molar-refractivity contribution in [1.82, 2.24) is 4.90 Å². The minimum absolute atomic E-state index is 0.240. The number of piperidine rings is 1. The van der Waals surface area contributed by atoms with Gasteiger partial charge in [-0.05, 0) is 24.0 Å². The van der Waals surface area contributed by atoms with E-state index in [1.165, 1.54) is 11.1 Å². The third kappa shape index (κ3) is 2.15. The maximum atomic E-state index is 12.5. The Labute approximate surface area is 125 Å². The maximum Gasteiger partial charge on any atom is 0.226 e. The van der Waals surface area contributed by atoms with Gasteiger partial charge in [0.2, 0.25) is 5.91 Å². The van der Waals surface area contributed by atoms with Crippen LogP contribution in [0.4, 0.5) is 0 Å². The summed E-state index contributed by atoms with van der Waals surface area (Å²) < 4.78 is 0. The largest absolute Gasteiger partial charge is 0.335 e. The molecule has 2 aromatic carbocycles. The van der Waals surface area contributed by atoms with Crippen LogP contribution < -0.4 is 0 Å². The summed E-state index contributed by atoms with van der Waals surface area (Å²) in [7, 11) is 0. The van der Waals surface area contributed by atoms with Gasteiger partial charge in [-0.15, -0.1) is 0 Å². The predicted molar refractivity (Wildman–Crippen MR) is 82.7 cm³/mol. The molecule has 21 heavy (non-hydrogen) atoms. The molecule has 2 heteroatoms. The van der Waals surface area contributed by atoms with Gasteiger partial charge in [0.15, 0.2) is 0 Å². The van der Waals surface area contributed by atoms with Crippen LogP contribution in [0.15, 0.2) is 60.7 Å². The molecule has 0 unspecified atom stereocenters.